The highest BCUT2D eigenvalue weighted by molar-refractivity contribution is 7.18. The number of H-pyrrole nitrogens is 1. The van der Waals surface area contributed by atoms with Crippen LogP contribution in [0.3, 0.4) is 0 Å². The van der Waals surface area contributed by atoms with Crippen molar-refractivity contribution in [3.63, 3.8) is 0 Å². The van der Waals surface area contributed by atoms with Gasteiger partial charge in [-0.3, -0.25) is 14.5 Å². The van der Waals surface area contributed by atoms with Crippen LogP contribution in [0.25, 0.3) is 10.2 Å². The van der Waals surface area contributed by atoms with Crippen molar-refractivity contribution in [2.75, 3.05) is 40.4 Å². The third-order valence-corrected chi connectivity index (χ3v) is 7.38. The van der Waals surface area contributed by atoms with E-state index in [2.05, 4.69) is 14.9 Å². The minimum atomic E-state index is -0.0707. The average molecular weight is 471 g/mol. The normalized spacial score (nSPS) is 14.6. The fraction of sp³-hybridized carbons (Fsp3) is 0.458. The fourth-order valence-corrected chi connectivity index (χ4v) is 5.34. The molecule has 1 fully saturated rings. The first-order chi connectivity index (χ1) is 15.9. The average Bonchev–Trinajstić information content (AvgIpc) is 3.11. The van der Waals surface area contributed by atoms with Gasteiger partial charge in [-0.1, -0.05) is 12.1 Å². The zero-order chi connectivity index (χ0) is 23.5. The van der Waals surface area contributed by atoms with Crippen LogP contribution in [0.2, 0.25) is 0 Å². The maximum atomic E-state index is 12.8. The maximum absolute atomic E-state index is 12.8. The van der Waals surface area contributed by atoms with Gasteiger partial charge in [-0.2, -0.15) is 0 Å². The molecule has 8 nitrogen and oxygen atoms in total. The van der Waals surface area contributed by atoms with E-state index in [0.29, 0.717) is 55.2 Å². The van der Waals surface area contributed by atoms with Crippen molar-refractivity contribution in [3.8, 4) is 11.5 Å². The van der Waals surface area contributed by atoms with Gasteiger partial charge in [0.2, 0.25) is 5.91 Å². The van der Waals surface area contributed by atoms with Gasteiger partial charge in [0, 0.05) is 37.5 Å². The van der Waals surface area contributed by atoms with E-state index < -0.39 is 0 Å². The number of aromatic amines is 1. The van der Waals surface area contributed by atoms with Gasteiger partial charge in [0.15, 0.2) is 11.5 Å². The van der Waals surface area contributed by atoms with E-state index >= 15 is 0 Å². The van der Waals surface area contributed by atoms with Crippen molar-refractivity contribution < 1.29 is 14.3 Å². The zero-order valence-corrected chi connectivity index (χ0v) is 20.4. The lowest BCUT2D eigenvalue weighted by atomic mass is 10.1. The molecular formula is C24H30N4O4S. The predicted octanol–water partition coefficient (Wildman–Crippen LogP) is 2.90. The highest BCUT2D eigenvalue weighted by atomic mass is 32.1. The standard InChI is InChI=1S/C24H30N4O4S/c1-15-16(2)33-24-21(15)23(30)25-19(26-24)14-27-10-12-28(13-11-27)20(29)9-8-17-6-5-7-18(31-3)22(17)32-4/h5-7H,8-14H2,1-4H3,(H,25,26,30). The van der Waals surface area contributed by atoms with Crippen LogP contribution < -0.4 is 15.0 Å². The highest BCUT2D eigenvalue weighted by Gasteiger charge is 2.22. The first-order valence-corrected chi connectivity index (χ1v) is 11.9. The molecular weight excluding hydrogens is 440 g/mol. The molecule has 3 heterocycles. The summed E-state index contributed by atoms with van der Waals surface area (Å²) in [5.74, 6) is 2.18. The number of hydrogen-bond acceptors (Lipinski definition) is 7. The van der Waals surface area contributed by atoms with Crippen LogP contribution in [0.1, 0.15) is 28.2 Å². The zero-order valence-electron chi connectivity index (χ0n) is 19.6. The molecule has 0 spiro atoms. The summed E-state index contributed by atoms with van der Waals surface area (Å²) in [5, 5.41) is 0.698. The van der Waals surface area contributed by atoms with Crippen LogP contribution in [-0.2, 0) is 17.8 Å². The largest absolute Gasteiger partial charge is 0.493 e. The first-order valence-electron chi connectivity index (χ1n) is 11.1. The number of methoxy groups -OCH3 is 2. The number of rotatable bonds is 7. The number of aromatic nitrogens is 2. The Morgan fingerprint density at radius 3 is 2.61 bits per heavy atom. The summed E-state index contributed by atoms with van der Waals surface area (Å²) >= 11 is 1.56. The Bertz CT molecular complexity index is 1210. The van der Waals surface area contributed by atoms with Gasteiger partial charge < -0.3 is 19.4 Å². The monoisotopic (exact) mass is 470 g/mol. The van der Waals surface area contributed by atoms with Gasteiger partial charge in [-0.15, -0.1) is 11.3 Å². The number of aryl methyl sites for hydroxylation is 3. The minimum absolute atomic E-state index is 0.0707. The Morgan fingerprint density at radius 1 is 1.15 bits per heavy atom. The van der Waals surface area contributed by atoms with E-state index in [1.807, 2.05) is 36.9 Å². The van der Waals surface area contributed by atoms with E-state index in [-0.39, 0.29) is 11.5 Å². The molecule has 1 aromatic carbocycles. The van der Waals surface area contributed by atoms with Crippen LogP contribution in [0, 0.1) is 13.8 Å². The summed E-state index contributed by atoms with van der Waals surface area (Å²) in [5.41, 5.74) is 1.90. The second-order valence-electron chi connectivity index (χ2n) is 8.29. The number of para-hydroxylation sites is 1. The molecule has 1 aliphatic heterocycles. The number of carbonyl (C=O) groups is 1. The summed E-state index contributed by atoms with van der Waals surface area (Å²) in [6.45, 7) is 7.38. The first kappa shape index (κ1) is 23.3. The van der Waals surface area contributed by atoms with Crippen LogP contribution in [0.15, 0.2) is 23.0 Å². The molecule has 0 unspecified atom stereocenters. The van der Waals surface area contributed by atoms with Crippen LogP contribution >= 0.6 is 11.3 Å². The van der Waals surface area contributed by atoms with Gasteiger partial charge in [0.1, 0.15) is 10.7 Å². The van der Waals surface area contributed by atoms with Crippen molar-refractivity contribution in [2.24, 2.45) is 0 Å². The maximum Gasteiger partial charge on any atom is 0.259 e. The quantitative estimate of drug-likeness (QED) is 0.571. The molecule has 0 atom stereocenters. The van der Waals surface area contributed by atoms with Gasteiger partial charge >= 0.3 is 0 Å². The molecule has 0 radical (unpaired) electrons. The molecule has 0 aliphatic carbocycles. The molecule has 176 valence electrons. The van der Waals surface area contributed by atoms with Crippen molar-refractivity contribution in [1.29, 1.82) is 0 Å². The van der Waals surface area contributed by atoms with Crippen LogP contribution in [0.4, 0.5) is 0 Å². The third kappa shape index (κ3) is 4.89. The number of ether oxygens (including phenoxy) is 2. The summed E-state index contributed by atoms with van der Waals surface area (Å²) in [4.78, 5) is 39.0. The molecule has 9 heteroatoms. The predicted molar refractivity (Wildman–Crippen MR) is 129 cm³/mol. The lowest BCUT2D eigenvalue weighted by molar-refractivity contribution is -0.133. The number of fused-ring (bicyclic) bond motifs is 1. The number of nitrogens with one attached hydrogen (secondary N) is 1. The smallest absolute Gasteiger partial charge is 0.259 e. The molecule has 1 saturated heterocycles. The van der Waals surface area contributed by atoms with Crippen molar-refractivity contribution in [1.82, 2.24) is 19.8 Å². The van der Waals surface area contributed by atoms with Crippen molar-refractivity contribution in [3.05, 3.63) is 50.4 Å². The molecule has 0 bridgehead atoms. The molecule has 33 heavy (non-hydrogen) atoms. The number of nitrogens with zero attached hydrogens (tertiary/aromatic N) is 3. The summed E-state index contributed by atoms with van der Waals surface area (Å²) in [7, 11) is 3.22. The summed E-state index contributed by atoms with van der Waals surface area (Å²) < 4.78 is 10.8. The van der Waals surface area contributed by atoms with Gasteiger partial charge in [-0.25, -0.2) is 4.98 Å². The van der Waals surface area contributed by atoms with Crippen LogP contribution in [0.5, 0.6) is 11.5 Å². The van der Waals surface area contributed by atoms with Gasteiger partial charge in [-0.05, 0) is 37.5 Å². The van der Waals surface area contributed by atoms with E-state index in [4.69, 9.17) is 9.47 Å². The molecule has 1 aliphatic rings. The Kier molecular flexibility index (Phi) is 6.99. The minimum Gasteiger partial charge on any atom is -0.493 e. The fourth-order valence-electron chi connectivity index (χ4n) is 4.29. The third-order valence-electron chi connectivity index (χ3n) is 6.28. The van der Waals surface area contributed by atoms with E-state index in [1.54, 1.807) is 25.6 Å². The van der Waals surface area contributed by atoms with E-state index in [9.17, 15) is 9.59 Å². The number of benzene rings is 1. The number of hydrogen-bond donors (Lipinski definition) is 1. The topological polar surface area (TPSA) is 87.8 Å². The molecule has 1 amide bonds. The SMILES string of the molecule is COc1cccc(CCC(=O)N2CCN(Cc3nc4sc(C)c(C)c4c(=O)[nH]3)CC2)c1OC. The Labute approximate surface area is 197 Å². The van der Waals surface area contributed by atoms with Gasteiger partial charge in [0.05, 0.1) is 26.2 Å². The number of carbonyl (C=O) groups excluding carboxylic acids is 1. The van der Waals surface area contributed by atoms with E-state index in [0.717, 1.165) is 33.9 Å². The van der Waals surface area contributed by atoms with E-state index in [1.165, 1.54) is 0 Å². The number of amides is 1. The Balaban J connectivity index is 1.32. The molecule has 4 rings (SSSR count). The van der Waals surface area contributed by atoms with Crippen molar-refractivity contribution in [2.45, 2.75) is 33.2 Å². The lowest BCUT2D eigenvalue weighted by Crippen LogP contribution is -2.48. The van der Waals surface area contributed by atoms with Crippen LogP contribution in [-0.4, -0.2) is 66.1 Å². The molecule has 1 N–H and O–H groups in total. The number of piperazine rings is 1. The molecule has 0 saturated carbocycles. The molecule has 2 aromatic heterocycles. The Hall–Kier alpha value is -2.91. The molecule has 3 aromatic rings. The second kappa shape index (κ2) is 9.93. The van der Waals surface area contributed by atoms with Gasteiger partial charge in [0.25, 0.3) is 5.56 Å². The summed E-state index contributed by atoms with van der Waals surface area (Å²) in [6.07, 6.45) is 1.02. The lowest BCUT2D eigenvalue weighted by Gasteiger charge is -2.34. The second-order valence-corrected chi connectivity index (χ2v) is 9.49. The number of thiophene rings is 1. The summed E-state index contributed by atoms with van der Waals surface area (Å²) in [6, 6.07) is 5.73. The Morgan fingerprint density at radius 2 is 1.91 bits per heavy atom. The van der Waals surface area contributed by atoms with Crippen molar-refractivity contribution >= 4 is 27.5 Å². The highest BCUT2D eigenvalue weighted by Crippen LogP contribution is 2.31.